The first kappa shape index (κ1) is 41.4. The Morgan fingerprint density at radius 2 is 1.61 bits per heavy atom. The van der Waals surface area contributed by atoms with Gasteiger partial charge in [-0.3, -0.25) is 14.6 Å². The number of carboxylic acids is 1. The Labute approximate surface area is 364 Å². The first-order valence-electron chi connectivity index (χ1n) is 19.9. The van der Waals surface area contributed by atoms with E-state index >= 15 is 0 Å². The van der Waals surface area contributed by atoms with E-state index in [4.69, 9.17) is 37.4 Å². The third-order valence-corrected chi connectivity index (χ3v) is 12.2. The Hall–Kier alpha value is -6.36. The molecule has 2 amide bonds. The summed E-state index contributed by atoms with van der Waals surface area (Å²) >= 11 is 12.2. The van der Waals surface area contributed by atoms with Gasteiger partial charge in [-0.05, 0) is 119 Å². The van der Waals surface area contributed by atoms with E-state index < -0.39 is 30.1 Å². The highest BCUT2D eigenvalue weighted by Crippen LogP contribution is 2.41. The molecule has 1 aromatic heterocycles. The minimum absolute atomic E-state index is 0.0547. The number of hydrogen-bond donors (Lipinski definition) is 2. The third-order valence-electron chi connectivity index (χ3n) is 11.4. The average Bonchev–Trinajstić information content (AvgIpc) is 3.26. The highest BCUT2D eigenvalue weighted by molar-refractivity contribution is 6.42. The Morgan fingerprint density at radius 1 is 0.869 bits per heavy atom. The molecule has 0 spiro atoms. The largest absolute Gasteiger partial charge is 0.489 e. The van der Waals surface area contributed by atoms with Crippen LogP contribution in [-0.4, -0.2) is 51.5 Å². The predicted octanol–water partition coefficient (Wildman–Crippen LogP) is 9.45. The number of nitrogens with one attached hydrogen (secondary N) is 1. The molecular weight excluding hydrogens is 813 g/mol. The number of nitrogens with zero attached hydrogens (tertiary/aromatic N) is 2. The summed E-state index contributed by atoms with van der Waals surface area (Å²) in [4.78, 5) is 47.1. The van der Waals surface area contributed by atoms with E-state index in [0.717, 1.165) is 55.8 Å². The molecule has 8 rings (SSSR count). The molecule has 310 valence electrons. The number of ether oxygens (including phenoxy) is 3. The molecule has 0 aliphatic carbocycles. The van der Waals surface area contributed by atoms with Crippen LogP contribution in [0, 0.1) is 20.8 Å². The zero-order valence-corrected chi connectivity index (χ0v) is 35.3. The Bertz CT molecular complexity index is 2630. The summed E-state index contributed by atoms with van der Waals surface area (Å²) in [6.45, 7) is 6.50. The molecule has 3 atom stereocenters. The number of hydrogen-bond acceptors (Lipinski definition) is 7. The quantitative estimate of drug-likeness (QED) is 0.132. The summed E-state index contributed by atoms with van der Waals surface area (Å²) < 4.78 is 18.7. The van der Waals surface area contributed by atoms with Crippen molar-refractivity contribution in [2.45, 2.75) is 65.0 Å². The van der Waals surface area contributed by atoms with E-state index in [-0.39, 0.29) is 31.9 Å². The van der Waals surface area contributed by atoms with Crippen molar-refractivity contribution in [1.29, 1.82) is 0 Å². The Balaban J connectivity index is 0.993. The lowest BCUT2D eigenvalue weighted by molar-refractivity contribution is -0.142. The van der Waals surface area contributed by atoms with Crippen molar-refractivity contribution >= 4 is 41.0 Å². The van der Waals surface area contributed by atoms with Crippen molar-refractivity contribution < 1.29 is 33.7 Å². The van der Waals surface area contributed by atoms with Crippen LogP contribution in [0.1, 0.15) is 61.1 Å². The van der Waals surface area contributed by atoms with Crippen molar-refractivity contribution in [3.8, 4) is 28.4 Å². The third kappa shape index (κ3) is 9.06. The number of pyridine rings is 1. The molecule has 3 unspecified atom stereocenters. The fourth-order valence-electron chi connectivity index (χ4n) is 7.78. The van der Waals surface area contributed by atoms with Gasteiger partial charge < -0.3 is 29.5 Å². The molecular formula is C49H43Cl2N3O7. The lowest BCUT2D eigenvalue weighted by atomic mass is 9.91. The topological polar surface area (TPSA) is 127 Å². The smallest absolute Gasteiger partial charge is 0.326 e. The van der Waals surface area contributed by atoms with Gasteiger partial charge in [-0.1, -0.05) is 83.9 Å². The maximum absolute atomic E-state index is 14.3. The number of benzene rings is 5. The monoisotopic (exact) mass is 855 g/mol. The Kier molecular flexibility index (Phi) is 12.0. The summed E-state index contributed by atoms with van der Waals surface area (Å²) in [5, 5.41) is 14.0. The summed E-state index contributed by atoms with van der Waals surface area (Å²) in [6.07, 6.45) is 1.56. The lowest BCUT2D eigenvalue weighted by Crippen LogP contribution is -2.56. The molecule has 3 heterocycles. The van der Waals surface area contributed by atoms with Crippen molar-refractivity contribution in [2.75, 3.05) is 6.61 Å². The highest BCUT2D eigenvalue weighted by atomic mass is 35.5. The van der Waals surface area contributed by atoms with Crippen LogP contribution in [-0.2, 0) is 35.6 Å². The second-order valence-corrected chi connectivity index (χ2v) is 16.2. The van der Waals surface area contributed by atoms with Gasteiger partial charge >= 0.3 is 5.97 Å². The van der Waals surface area contributed by atoms with Crippen LogP contribution >= 0.6 is 23.2 Å². The normalized spacial score (nSPS) is 16.0. The van der Waals surface area contributed by atoms with Gasteiger partial charge in [0, 0.05) is 36.8 Å². The standard InChI is InChI=1S/C49H43Cl2N3O7/c1-28-6-4-5-7-38(28)48(56)54-25-36-24-45-44(60-27-46(61-45)34-13-15-37(16-14-34)59-26-32-10-17-40(50)41(51)20-32)23-35(36)22-43(54)47(55)53-42(49(57)58)21-31-8-11-33(12-9-31)39-18-19-52-30(3)29(39)2/h4-20,23-24,42-43,46H,21-22,25-27H2,1-3H3,(H,53,55)(H,57,58). The van der Waals surface area contributed by atoms with Crippen LogP contribution in [0.25, 0.3) is 11.1 Å². The number of aliphatic carboxylic acids is 1. The SMILES string of the molecule is Cc1ccccc1C(=O)N1Cc2cc3c(cc2CC1C(=O)NC(Cc1ccc(-c2ccnc(C)c2C)cc1)C(=O)O)OCC(c1ccc(OCc2ccc(Cl)c(Cl)c2)cc1)O3. The summed E-state index contributed by atoms with van der Waals surface area (Å²) in [7, 11) is 0. The summed E-state index contributed by atoms with van der Waals surface area (Å²) in [5.74, 6) is -0.342. The number of carbonyl (C=O) groups is 3. The van der Waals surface area contributed by atoms with Gasteiger partial charge in [0.05, 0.1) is 10.0 Å². The number of aromatic nitrogens is 1. The molecule has 2 aliphatic heterocycles. The molecule has 61 heavy (non-hydrogen) atoms. The molecule has 10 nitrogen and oxygen atoms in total. The van der Waals surface area contributed by atoms with E-state index in [1.54, 1.807) is 30.5 Å². The zero-order valence-electron chi connectivity index (χ0n) is 33.8. The highest BCUT2D eigenvalue weighted by Gasteiger charge is 2.38. The summed E-state index contributed by atoms with van der Waals surface area (Å²) in [5.41, 5.74) is 9.39. The fraction of sp³-hybridized carbons (Fsp3) is 0.224. The first-order chi connectivity index (χ1) is 29.4. The van der Waals surface area contributed by atoms with Crippen LogP contribution in [0.4, 0.5) is 0 Å². The van der Waals surface area contributed by atoms with Crippen LogP contribution < -0.4 is 19.5 Å². The van der Waals surface area contributed by atoms with Crippen molar-refractivity contribution in [1.82, 2.24) is 15.2 Å². The molecule has 2 aliphatic rings. The maximum atomic E-state index is 14.3. The number of rotatable bonds is 11. The van der Waals surface area contributed by atoms with Crippen molar-refractivity contribution in [2.24, 2.45) is 0 Å². The molecule has 0 saturated heterocycles. The molecule has 5 aromatic carbocycles. The minimum atomic E-state index is -1.24. The minimum Gasteiger partial charge on any atom is -0.489 e. The average molecular weight is 857 g/mol. The van der Waals surface area contributed by atoms with Crippen molar-refractivity contribution in [3.63, 3.8) is 0 Å². The zero-order chi connectivity index (χ0) is 42.8. The van der Waals surface area contributed by atoms with Crippen LogP contribution in [0.5, 0.6) is 17.2 Å². The Morgan fingerprint density at radius 3 is 2.34 bits per heavy atom. The van der Waals surface area contributed by atoms with Crippen LogP contribution in [0.15, 0.2) is 115 Å². The van der Waals surface area contributed by atoms with E-state index in [0.29, 0.717) is 39.5 Å². The number of carboxylic acid groups (broad SMARTS) is 1. The second-order valence-electron chi connectivity index (χ2n) is 15.4. The van der Waals surface area contributed by atoms with Gasteiger partial charge in [0.25, 0.3) is 5.91 Å². The number of fused-ring (bicyclic) bond motifs is 2. The van der Waals surface area contributed by atoms with E-state index in [1.807, 2.05) is 106 Å². The predicted molar refractivity (Wildman–Crippen MR) is 234 cm³/mol. The maximum Gasteiger partial charge on any atom is 0.326 e. The van der Waals surface area contributed by atoms with E-state index in [2.05, 4.69) is 10.3 Å². The summed E-state index contributed by atoms with van der Waals surface area (Å²) in [6, 6.07) is 31.3. The van der Waals surface area contributed by atoms with Gasteiger partial charge in [-0.2, -0.15) is 0 Å². The van der Waals surface area contributed by atoms with E-state index in [9.17, 15) is 19.5 Å². The lowest BCUT2D eigenvalue weighted by Gasteiger charge is -2.38. The molecule has 2 N–H and O–H groups in total. The van der Waals surface area contributed by atoms with Gasteiger partial charge in [-0.15, -0.1) is 0 Å². The van der Waals surface area contributed by atoms with Crippen molar-refractivity contribution in [3.05, 3.63) is 176 Å². The van der Waals surface area contributed by atoms with Gasteiger partial charge in [-0.25, -0.2) is 4.79 Å². The molecule has 0 fully saturated rings. The number of carbonyl (C=O) groups excluding carboxylic acids is 2. The molecule has 12 heteroatoms. The molecule has 0 saturated carbocycles. The fourth-order valence-corrected chi connectivity index (χ4v) is 8.10. The molecule has 0 radical (unpaired) electrons. The van der Waals surface area contributed by atoms with Crippen LogP contribution in [0.3, 0.4) is 0 Å². The van der Waals surface area contributed by atoms with Gasteiger partial charge in [0.1, 0.15) is 31.0 Å². The van der Waals surface area contributed by atoms with Gasteiger partial charge in [0.15, 0.2) is 17.6 Å². The first-order valence-corrected chi connectivity index (χ1v) is 20.7. The second kappa shape index (κ2) is 17.7. The number of amides is 2. The molecule has 6 aromatic rings. The van der Waals surface area contributed by atoms with Gasteiger partial charge in [0.2, 0.25) is 5.91 Å². The van der Waals surface area contributed by atoms with Crippen LogP contribution in [0.2, 0.25) is 10.0 Å². The van der Waals surface area contributed by atoms with E-state index in [1.165, 1.54) is 4.90 Å². The number of halogens is 2. The molecule has 0 bridgehead atoms. The number of aryl methyl sites for hydroxylation is 2.